The maximum atomic E-state index is 13.1. The largest absolute Gasteiger partial charge is 0.461 e. The Labute approximate surface area is 177 Å². The van der Waals surface area contributed by atoms with E-state index >= 15 is 0 Å². The molecule has 0 unspecified atom stereocenters. The minimum atomic E-state index is -3.90. The van der Waals surface area contributed by atoms with E-state index in [0.29, 0.717) is 5.69 Å². The van der Waals surface area contributed by atoms with Gasteiger partial charge in [-0.15, -0.1) is 0 Å². The van der Waals surface area contributed by atoms with Crippen molar-refractivity contribution in [3.05, 3.63) is 41.2 Å². The number of carbonyl (C=O) groups excluding carboxylic acids is 1. The van der Waals surface area contributed by atoms with Gasteiger partial charge >= 0.3 is 5.97 Å². The second-order valence-electron chi connectivity index (χ2n) is 7.58. The monoisotopic (exact) mass is 435 g/mol. The van der Waals surface area contributed by atoms with Gasteiger partial charge in [0.15, 0.2) is 5.69 Å². The van der Waals surface area contributed by atoms with E-state index in [9.17, 15) is 13.2 Å². The van der Waals surface area contributed by atoms with Gasteiger partial charge in [-0.1, -0.05) is 17.7 Å². The summed E-state index contributed by atoms with van der Waals surface area (Å²) in [6.07, 6.45) is 3.52. The van der Waals surface area contributed by atoms with Crippen LogP contribution in [-0.2, 0) is 26.5 Å². The summed E-state index contributed by atoms with van der Waals surface area (Å²) in [5.74, 6) is -0.576. The van der Waals surface area contributed by atoms with Crippen molar-refractivity contribution < 1.29 is 22.7 Å². The lowest BCUT2D eigenvalue weighted by Crippen LogP contribution is -2.21. The van der Waals surface area contributed by atoms with Gasteiger partial charge in [0.25, 0.3) is 10.0 Å². The molecule has 164 valence electrons. The molecule has 1 aliphatic rings. The topological polar surface area (TPSA) is 99.5 Å². The lowest BCUT2D eigenvalue weighted by atomic mass is 9.84. The molecule has 1 aromatic carbocycles. The van der Waals surface area contributed by atoms with Crippen LogP contribution in [0.15, 0.2) is 29.2 Å². The number of ether oxygens (including phenoxy) is 2. The van der Waals surface area contributed by atoms with Crippen LogP contribution in [0.5, 0.6) is 0 Å². The van der Waals surface area contributed by atoms with Crippen LogP contribution in [0.1, 0.15) is 60.3 Å². The van der Waals surface area contributed by atoms with Crippen LogP contribution in [0.3, 0.4) is 0 Å². The van der Waals surface area contributed by atoms with Crippen LogP contribution in [0.4, 0.5) is 5.69 Å². The summed E-state index contributed by atoms with van der Waals surface area (Å²) in [5.41, 5.74) is 1.85. The maximum absolute atomic E-state index is 13.1. The van der Waals surface area contributed by atoms with Crippen molar-refractivity contribution in [2.24, 2.45) is 7.05 Å². The number of aromatic nitrogens is 2. The zero-order chi connectivity index (χ0) is 21.9. The Morgan fingerprint density at radius 2 is 1.83 bits per heavy atom. The molecule has 8 nitrogen and oxygen atoms in total. The third kappa shape index (κ3) is 4.67. The first kappa shape index (κ1) is 22.3. The van der Waals surface area contributed by atoms with Crippen LogP contribution in [0, 0.1) is 6.92 Å². The molecular weight excluding hydrogens is 406 g/mol. The highest BCUT2D eigenvalue weighted by molar-refractivity contribution is 7.92. The second kappa shape index (κ2) is 9.18. The number of esters is 1. The number of methoxy groups -OCH3 is 1. The van der Waals surface area contributed by atoms with Crippen molar-refractivity contribution in [2.45, 2.75) is 56.4 Å². The van der Waals surface area contributed by atoms with E-state index in [1.165, 1.54) is 4.68 Å². The zero-order valence-electron chi connectivity index (χ0n) is 17.8. The molecule has 1 N–H and O–H groups in total. The minimum Gasteiger partial charge on any atom is -0.461 e. The van der Waals surface area contributed by atoms with Gasteiger partial charge in [0, 0.05) is 20.1 Å². The fourth-order valence-electron chi connectivity index (χ4n) is 3.85. The van der Waals surface area contributed by atoms with E-state index in [4.69, 9.17) is 9.47 Å². The highest BCUT2D eigenvalue weighted by atomic mass is 32.2. The van der Waals surface area contributed by atoms with E-state index in [-0.39, 0.29) is 34.9 Å². The fraction of sp³-hybridized carbons (Fsp3) is 0.524. The summed E-state index contributed by atoms with van der Waals surface area (Å²) in [4.78, 5) is 12.7. The molecule has 30 heavy (non-hydrogen) atoms. The highest BCUT2D eigenvalue weighted by Gasteiger charge is 2.33. The molecule has 0 radical (unpaired) electrons. The summed E-state index contributed by atoms with van der Waals surface area (Å²) < 4.78 is 40.8. The maximum Gasteiger partial charge on any atom is 0.358 e. The number of benzene rings is 1. The molecule has 1 fully saturated rings. The van der Waals surface area contributed by atoms with Gasteiger partial charge < -0.3 is 9.47 Å². The molecule has 0 spiro atoms. The average molecular weight is 436 g/mol. The number of nitrogens with zero attached hydrogens (tertiary/aromatic N) is 2. The Balaban J connectivity index is 2.01. The van der Waals surface area contributed by atoms with Gasteiger partial charge in [0.1, 0.15) is 5.69 Å². The molecule has 0 atom stereocenters. The van der Waals surface area contributed by atoms with Crippen molar-refractivity contribution in [3.63, 3.8) is 0 Å². The van der Waals surface area contributed by atoms with Crippen LogP contribution in [0.2, 0.25) is 0 Å². The number of anilines is 1. The third-order valence-corrected chi connectivity index (χ3v) is 6.87. The van der Waals surface area contributed by atoms with Gasteiger partial charge in [-0.25, -0.2) is 13.2 Å². The molecule has 0 amide bonds. The molecule has 0 bridgehead atoms. The first-order valence-corrected chi connectivity index (χ1v) is 11.6. The molecule has 2 aromatic rings. The van der Waals surface area contributed by atoms with Crippen LogP contribution in [0.25, 0.3) is 0 Å². The first-order chi connectivity index (χ1) is 14.3. The van der Waals surface area contributed by atoms with Gasteiger partial charge in [-0.05, 0) is 51.7 Å². The predicted octanol–water partition coefficient (Wildman–Crippen LogP) is 3.38. The van der Waals surface area contributed by atoms with E-state index in [1.807, 2.05) is 6.92 Å². The molecule has 1 heterocycles. The summed E-state index contributed by atoms with van der Waals surface area (Å²) in [6, 6.07) is 6.55. The Bertz CT molecular complexity index is 990. The molecule has 0 aliphatic heterocycles. The Hall–Kier alpha value is -2.39. The summed E-state index contributed by atoms with van der Waals surface area (Å²) in [5, 5.41) is 4.53. The van der Waals surface area contributed by atoms with Gasteiger partial charge in [-0.3, -0.25) is 9.40 Å². The number of nitrogens with one attached hydrogen (secondary N) is 1. The van der Waals surface area contributed by atoms with E-state index < -0.39 is 16.0 Å². The van der Waals surface area contributed by atoms with Crippen molar-refractivity contribution >= 4 is 21.7 Å². The van der Waals surface area contributed by atoms with E-state index in [0.717, 1.165) is 31.2 Å². The molecule has 1 saturated carbocycles. The van der Waals surface area contributed by atoms with Crippen molar-refractivity contribution in [3.8, 4) is 0 Å². The molecule has 0 saturated heterocycles. The number of hydrogen-bond donors (Lipinski definition) is 1. The standard InChI is InChI=1S/C21H29N3O5S/c1-5-29-21(25)20-19(23-30(26,27)17-12-6-14(2)7-13-17)18(22-24(20)3)15-8-10-16(28-4)11-9-15/h6-7,12-13,15-16,23H,5,8-11H2,1-4H3. The minimum absolute atomic E-state index is 0.0292. The molecule has 1 aromatic heterocycles. The van der Waals surface area contributed by atoms with Crippen molar-refractivity contribution in [1.29, 1.82) is 0 Å². The third-order valence-electron chi connectivity index (χ3n) is 5.51. The van der Waals surface area contributed by atoms with Crippen LogP contribution < -0.4 is 4.72 Å². The quantitative estimate of drug-likeness (QED) is 0.670. The molecular formula is C21H29N3O5S. The van der Waals surface area contributed by atoms with E-state index in [2.05, 4.69) is 9.82 Å². The van der Waals surface area contributed by atoms with Crippen molar-refractivity contribution in [1.82, 2.24) is 9.78 Å². The lowest BCUT2D eigenvalue weighted by Gasteiger charge is -2.27. The highest BCUT2D eigenvalue weighted by Crippen LogP contribution is 2.39. The Morgan fingerprint density at radius 1 is 1.20 bits per heavy atom. The molecule has 9 heteroatoms. The average Bonchev–Trinajstić information content (AvgIpc) is 3.03. The fourth-order valence-corrected chi connectivity index (χ4v) is 4.93. The number of sulfonamides is 1. The van der Waals surface area contributed by atoms with Crippen molar-refractivity contribution in [2.75, 3.05) is 18.4 Å². The molecule has 1 aliphatic carbocycles. The zero-order valence-corrected chi connectivity index (χ0v) is 18.7. The van der Waals surface area contributed by atoms with Gasteiger partial charge in [0.2, 0.25) is 0 Å². The predicted molar refractivity (Wildman–Crippen MR) is 113 cm³/mol. The SMILES string of the molecule is CCOC(=O)c1c(NS(=O)(=O)c2ccc(C)cc2)c(C2CCC(OC)CC2)nn1C. The van der Waals surface area contributed by atoms with E-state index in [1.54, 1.807) is 45.3 Å². The number of aryl methyl sites for hydroxylation is 2. The summed E-state index contributed by atoms with van der Waals surface area (Å²) in [7, 11) is -0.575. The van der Waals surface area contributed by atoms with Gasteiger partial charge in [-0.2, -0.15) is 5.10 Å². The molecule has 3 rings (SSSR count). The smallest absolute Gasteiger partial charge is 0.358 e. The number of rotatable bonds is 7. The normalized spacial score (nSPS) is 19.5. The van der Waals surface area contributed by atoms with Crippen LogP contribution >= 0.6 is 0 Å². The second-order valence-corrected chi connectivity index (χ2v) is 9.26. The van der Waals surface area contributed by atoms with Crippen LogP contribution in [-0.4, -0.2) is 44.0 Å². The summed E-state index contributed by atoms with van der Waals surface area (Å²) >= 11 is 0. The number of carbonyl (C=O) groups is 1. The van der Waals surface area contributed by atoms with Gasteiger partial charge in [0.05, 0.1) is 23.3 Å². The lowest BCUT2D eigenvalue weighted by molar-refractivity contribution is 0.0515. The summed E-state index contributed by atoms with van der Waals surface area (Å²) in [6.45, 7) is 3.78. The Morgan fingerprint density at radius 3 is 2.40 bits per heavy atom. The Kier molecular flexibility index (Phi) is 6.82. The first-order valence-electron chi connectivity index (χ1n) is 10.1. The number of hydrogen-bond acceptors (Lipinski definition) is 6.